The summed E-state index contributed by atoms with van der Waals surface area (Å²) in [6, 6.07) is -0.243. The first-order chi connectivity index (χ1) is 8.01. The van der Waals surface area contributed by atoms with Gasteiger partial charge < -0.3 is 20.7 Å². The van der Waals surface area contributed by atoms with Crippen molar-refractivity contribution in [2.45, 2.75) is 26.3 Å². The molecule has 0 saturated heterocycles. The molecule has 0 radical (unpaired) electrons. The van der Waals surface area contributed by atoms with Crippen molar-refractivity contribution in [1.29, 1.82) is 0 Å². The molecule has 0 spiro atoms. The summed E-state index contributed by atoms with van der Waals surface area (Å²) in [5, 5.41) is 2.93. The van der Waals surface area contributed by atoms with Gasteiger partial charge in [-0.2, -0.15) is 0 Å². The van der Waals surface area contributed by atoms with Crippen molar-refractivity contribution in [3.63, 3.8) is 0 Å². The van der Waals surface area contributed by atoms with Crippen LogP contribution in [0, 0.1) is 5.92 Å². The molecule has 0 aromatic heterocycles. The smallest absolute Gasteiger partial charge is 0.234 e. The molecule has 1 amide bonds. The van der Waals surface area contributed by atoms with Gasteiger partial charge in [0.15, 0.2) is 0 Å². The first-order valence-electron chi connectivity index (χ1n) is 6.19. The van der Waals surface area contributed by atoms with Gasteiger partial charge in [0.25, 0.3) is 0 Å². The summed E-state index contributed by atoms with van der Waals surface area (Å²) >= 11 is 0. The molecule has 0 bridgehead atoms. The number of carbonyl (C=O) groups is 1. The molecule has 0 heterocycles. The van der Waals surface area contributed by atoms with Gasteiger partial charge in [-0.25, -0.2) is 0 Å². The van der Waals surface area contributed by atoms with Crippen molar-refractivity contribution in [3.8, 4) is 0 Å². The molecule has 5 nitrogen and oxygen atoms in total. The van der Waals surface area contributed by atoms with Gasteiger partial charge in [-0.3, -0.25) is 4.79 Å². The molecule has 0 aliphatic heterocycles. The number of ether oxygens (including phenoxy) is 1. The molecule has 102 valence electrons. The van der Waals surface area contributed by atoms with Crippen molar-refractivity contribution in [1.82, 2.24) is 10.2 Å². The Balaban J connectivity index is 4.08. The number of nitrogens with one attached hydrogen (secondary N) is 1. The lowest BCUT2D eigenvalue weighted by molar-refractivity contribution is -0.120. The fourth-order valence-electron chi connectivity index (χ4n) is 1.77. The Morgan fingerprint density at radius 3 is 2.47 bits per heavy atom. The van der Waals surface area contributed by atoms with Gasteiger partial charge in [0.05, 0.1) is 12.6 Å². The van der Waals surface area contributed by atoms with E-state index >= 15 is 0 Å². The van der Waals surface area contributed by atoms with Crippen LogP contribution in [0.4, 0.5) is 0 Å². The quantitative estimate of drug-likeness (QED) is 0.571. The third-order valence-corrected chi connectivity index (χ3v) is 2.66. The van der Waals surface area contributed by atoms with Gasteiger partial charge in [0.2, 0.25) is 5.91 Å². The van der Waals surface area contributed by atoms with Crippen LogP contribution < -0.4 is 11.1 Å². The van der Waals surface area contributed by atoms with E-state index in [1.807, 2.05) is 0 Å². The van der Waals surface area contributed by atoms with E-state index < -0.39 is 0 Å². The third-order valence-electron chi connectivity index (χ3n) is 2.66. The van der Waals surface area contributed by atoms with Crippen LogP contribution in [0.5, 0.6) is 0 Å². The molecule has 5 heteroatoms. The molecule has 0 rings (SSSR count). The zero-order chi connectivity index (χ0) is 13.3. The van der Waals surface area contributed by atoms with Crippen molar-refractivity contribution >= 4 is 5.91 Å². The minimum Gasteiger partial charge on any atom is -0.383 e. The molecule has 3 N–H and O–H groups in total. The highest BCUT2D eigenvalue weighted by Crippen LogP contribution is 2.02. The van der Waals surface area contributed by atoms with E-state index in [1.165, 1.54) is 0 Å². The first kappa shape index (κ1) is 16.4. The van der Waals surface area contributed by atoms with E-state index in [0.29, 0.717) is 12.5 Å². The number of nitrogens with zero attached hydrogens (tertiary/aromatic N) is 1. The largest absolute Gasteiger partial charge is 0.383 e. The third kappa shape index (κ3) is 8.12. The number of nitrogens with two attached hydrogens (primary N) is 1. The molecule has 0 saturated carbocycles. The average molecular weight is 245 g/mol. The predicted molar refractivity (Wildman–Crippen MR) is 69.8 cm³/mol. The number of rotatable bonds is 10. The molecular weight excluding hydrogens is 218 g/mol. The number of likely N-dealkylation sites (N-methyl/N-ethyl adjacent to an activating group) is 1. The molecular formula is C12H27N3O2. The Morgan fingerprint density at radius 1 is 1.41 bits per heavy atom. The first-order valence-corrected chi connectivity index (χ1v) is 6.19. The van der Waals surface area contributed by atoms with E-state index in [4.69, 9.17) is 10.5 Å². The second kappa shape index (κ2) is 9.39. The lowest BCUT2D eigenvalue weighted by Crippen LogP contribution is -2.42. The molecule has 0 aliphatic rings. The molecule has 0 fully saturated rings. The van der Waals surface area contributed by atoms with Gasteiger partial charge in [0, 0.05) is 26.7 Å². The minimum absolute atomic E-state index is 0.243. The lowest BCUT2D eigenvalue weighted by atomic mass is 10.1. The minimum atomic E-state index is -0.288. The summed E-state index contributed by atoms with van der Waals surface area (Å²) in [5.41, 5.74) is 5.29. The number of primary amides is 1. The summed E-state index contributed by atoms with van der Waals surface area (Å²) in [6.07, 6.45) is 0.738. The van der Waals surface area contributed by atoms with E-state index in [2.05, 4.69) is 24.1 Å². The summed E-state index contributed by atoms with van der Waals surface area (Å²) in [5.74, 6) is 0.317. The Kier molecular flexibility index (Phi) is 9.03. The number of carbonyl (C=O) groups excluding carboxylic acids is 1. The number of hydrogen-bond acceptors (Lipinski definition) is 4. The monoisotopic (exact) mass is 245 g/mol. The predicted octanol–water partition coefficient (Wildman–Crippen LogP) is 0.0542. The molecule has 0 aromatic carbocycles. The van der Waals surface area contributed by atoms with Crippen molar-refractivity contribution in [2.75, 3.05) is 40.4 Å². The van der Waals surface area contributed by atoms with E-state index in [0.717, 1.165) is 26.1 Å². The number of methoxy groups -OCH3 is 1. The Labute approximate surface area is 105 Å². The summed E-state index contributed by atoms with van der Waals surface area (Å²) in [7, 11) is 3.46. The maximum Gasteiger partial charge on any atom is 0.234 e. The van der Waals surface area contributed by atoms with E-state index in [-0.39, 0.29) is 11.9 Å². The van der Waals surface area contributed by atoms with E-state index in [9.17, 15) is 4.79 Å². The van der Waals surface area contributed by atoms with Gasteiger partial charge in [-0.05, 0) is 19.4 Å². The Hall–Kier alpha value is -0.650. The van der Waals surface area contributed by atoms with Gasteiger partial charge in [-0.15, -0.1) is 0 Å². The fraction of sp³-hybridized carbons (Fsp3) is 0.917. The van der Waals surface area contributed by atoms with Crippen LogP contribution in [0.15, 0.2) is 0 Å². The molecule has 17 heavy (non-hydrogen) atoms. The highest BCUT2D eigenvalue weighted by Gasteiger charge is 2.15. The van der Waals surface area contributed by atoms with Crippen LogP contribution in [0.25, 0.3) is 0 Å². The Morgan fingerprint density at radius 2 is 2.06 bits per heavy atom. The van der Waals surface area contributed by atoms with Crippen LogP contribution in [-0.2, 0) is 9.53 Å². The molecule has 0 aliphatic carbocycles. The van der Waals surface area contributed by atoms with Crippen LogP contribution in [0.1, 0.15) is 20.3 Å². The van der Waals surface area contributed by atoms with Crippen molar-refractivity contribution in [2.24, 2.45) is 11.7 Å². The number of hydrogen-bond donors (Lipinski definition) is 2. The average Bonchev–Trinajstić information content (AvgIpc) is 2.25. The van der Waals surface area contributed by atoms with Gasteiger partial charge in [-0.1, -0.05) is 13.8 Å². The maximum absolute atomic E-state index is 11.1. The zero-order valence-corrected chi connectivity index (χ0v) is 11.5. The van der Waals surface area contributed by atoms with Gasteiger partial charge in [0.1, 0.15) is 0 Å². The summed E-state index contributed by atoms with van der Waals surface area (Å²) in [4.78, 5) is 13.4. The second-order valence-electron chi connectivity index (χ2n) is 4.72. The normalized spacial score (nSPS) is 13.3. The SMILES string of the molecule is CNC(CCN(CCOC)CC(C)C)C(N)=O. The Bertz CT molecular complexity index is 210. The highest BCUT2D eigenvalue weighted by molar-refractivity contribution is 5.79. The second-order valence-corrected chi connectivity index (χ2v) is 4.72. The number of amides is 1. The van der Waals surface area contributed by atoms with E-state index in [1.54, 1.807) is 14.2 Å². The van der Waals surface area contributed by atoms with Crippen molar-refractivity contribution in [3.05, 3.63) is 0 Å². The van der Waals surface area contributed by atoms with Crippen LogP contribution in [0.3, 0.4) is 0 Å². The standard InChI is InChI=1S/C12H27N3O2/c1-10(2)9-15(7-8-17-4)6-5-11(14-3)12(13)16/h10-11,14H,5-9H2,1-4H3,(H2,13,16). The molecule has 0 aromatic rings. The summed E-state index contributed by atoms with van der Waals surface area (Å²) < 4.78 is 5.09. The topological polar surface area (TPSA) is 67.6 Å². The van der Waals surface area contributed by atoms with Crippen molar-refractivity contribution < 1.29 is 9.53 Å². The summed E-state index contributed by atoms with van der Waals surface area (Å²) in [6.45, 7) is 7.85. The van der Waals surface area contributed by atoms with Crippen LogP contribution in [-0.4, -0.2) is 57.2 Å². The van der Waals surface area contributed by atoms with Crippen LogP contribution >= 0.6 is 0 Å². The lowest BCUT2D eigenvalue weighted by Gasteiger charge is -2.25. The van der Waals surface area contributed by atoms with Gasteiger partial charge >= 0.3 is 0 Å². The highest BCUT2D eigenvalue weighted by atomic mass is 16.5. The maximum atomic E-state index is 11.1. The fourth-order valence-corrected chi connectivity index (χ4v) is 1.77. The molecule has 1 atom stereocenters. The molecule has 1 unspecified atom stereocenters. The van der Waals surface area contributed by atoms with Crippen LogP contribution in [0.2, 0.25) is 0 Å². The zero-order valence-electron chi connectivity index (χ0n) is 11.5.